The third kappa shape index (κ3) is 4.79. The molecule has 1 unspecified atom stereocenters. The Kier molecular flexibility index (Phi) is 6.32. The summed E-state index contributed by atoms with van der Waals surface area (Å²) >= 11 is 6.22. The van der Waals surface area contributed by atoms with E-state index in [2.05, 4.69) is 24.4 Å². The largest absolute Gasteiger partial charge is 0.478 e. The van der Waals surface area contributed by atoms with Crippen molar-refractivity contribution in [1.29, 1.82) is 0 Å². The van der Waals surface area contributed by atoms with E-state index in [-0.39, 0.29) is 11.6 Å². The van der Waals surface area contributed by atoms with Gasteiger partial charge in [0.2, 0.25) is 0 Å². The Morgan fingerprint density at radius 3 is 2.63 bits per heavy atom. The average Bonchev–Trinajstić information content (AvgIpc) is 3.14. The highest BCUT2D eigenvalue weighted by Gasteiger charge is 2.14. The van der Waals surface area contributed by atoms with Gasteiger partial charge in [0.15, 0.2) is 0 Å². The van der Waals surface area contributed by atoms with Crippen molar-refractivity contribution in [2.75, 3.05) is 0 Å². The molecule has 1 heterocycles. The van der Waals surface area contributed by atoms with Crippen LogP contribution in [0.4, 0.5) is 0 Å². The first-order valence-corrected chi connectivity index (χ1v) is 9.36. The zero-order chi connectivity index (χ0) is 19.2. The molecule has 1 aromatic heterocycles. The first-order valence-electron chi connectivity index (χ1n) is 8.98. The molecule has 2 aromatic carbocycles. The summed E-state index contributed by atoms with van der Waals surface area (Å²) in [5.41, 5.74) is 2.01. The number of carboxylic acids is 1. The van der Waals surface area contributed by atoms with E-state index in [1.54, 1.807) is 6.07 Å². The summed E-state index contributed by atoms with van der Waals surface area (Å²) in [5, 5.41) is 13.2. The van der Waals surface area contributed by atoms with Crippen molar-refractivity contribution in [3.63, 3.8) is 0 Å². The number of furan rings is 1. The topological polar surface area (TPSA) is 62.5 Å². The Morgan fingerprint density at radius 1 is 1.15 bits per heavy atom. The van der Waals surface area contributed by atoms with Crippen molar-refractivity contribution in [3.8, 4) is 11.3 Å². The smallest absolute Gasteiger partial charge is 0.335 e. The normalized spacial score (nSPS) is 12.1. The monoisotopic (exact) mass is 383 g/mol. The van der Waals surface area contributed by atoms with Crippen LogP contribution >= 0.6 is 11.6 Å². The summed E-state index contributed by atoms with van der Waals surface area (Å²) in [6.07, 6.45) is 2.11. The van der Waals surface area contributed by atoms with E-state index >= 15 is 0 Å². The van der Waals surface area contributed by atoms with Crippen LogP contribution in [0.25, 0.3) is 11.3 Å². The third-order valence-corrected chi connectivity index (χ3v) is 4.77. The second-order valence-electron chi connectivity index (χ2n) is 6.40. The van der Waals surface area contributed by atoms with Crippen molar-refractivity contribution >= 4 is 17.6 Å². The molecule has 0 amide bonds. The van der Waals surface area contributed by atoms with Gasteiger partial charge in [-0.3, -0.25) is 0 Å². The van der Waals surface area contributed by atoms with Crippen molar-refractivity contribution in [2.24, 2.45) is 0 Å². The molecule has 27 heavy (non-hydrogen) atoms. The van der Waals surface area contributed by atoms with Crippen LogP contribution < -0.4 is 5.32 Å². The molecule has 0 saturated carbocycles. The molecule has 0 saturated heterocycles. The van der Waals surface area contributed by atoms with E-state index in [1.807, 2.05) is 30.3 Å². The molecule has 3 rings (SSSR count). The summed E-state index contributed by atoms with van der Waals surface area (Å²) in [6.45, 7) is 2.75. The number of aromatic carboxylic acids is 1. The van der Waals surface area contributed by atoms with Crippen molar-refractivity contribution in [3.05, 3.63) is 82.6 Å². The number of hydrogen-bond donors (Lipinski definition) is 2. The third-order valence-electron chi connectivity index (χ3n) is 4.44. The zero-order valence-corrected chi connectivity index (χ0v) is 15.9. The zero-order valence-electron chi connectivity index (χ0n) is 15.1. The van der Waals surface area contributed by atoms with Gasteiger partial charge in [0, 0.05) is 11.6 Å². The molecule has 2 N–H and O–H groups in total. The summed E-state index contributed by atoms with van der Waals surface area (Å²) < 4.78 is 5.91. The van der Waals surface area contributed by atoms with Crippen molar-refractivity contribution in [1.82, 2.24) is 5.32 Å². The highest BCUT2D eigenvalue weighted by atomic mass is 35.5. The van der Waals surface area contributed by atoms with E-state index in [1.165, 1.54) is 17.7 Å². The first-order chi connectivity index (χ1) is 13.1. The Morgan fingerprint density at radius 2 is 1.93 bits per heavy atom. The fourth-order valence-electron chi connectivity index (χ4n) is 3.05. The Bertz CT molecular complexity index is 905. The maximum atomic E-state index is 11.2. The lowest BCUT2D eigenvalue weighted by atomic mass is 10.0. The summed E-state index contributed by atoms with van der Waals surface area (Å²) in [6, 6.07) is 18.9. The van der Waals surface area contributed by atoms with Gasteiger partial charge < -0.3 is 14.8 Å². The molecule has 1 atom stereocenters. The molecule has 140 valence electrons. The second kappa shape index (κ2) is 8.89. The second-order valence-corrected chi connectivity index (χ2v) is 6.81. The molecular formula is C22H22ClNO3. The fraction of sp³-hybridized carbons (Fsp3) is 0.227. The van der Waals surface area contributed by atoms with Gasteiger partial charge in [-0.2, -0.15) is 0 Å². The van der Waals surface area contributed by atoms with E-state index < -0.39 is 5.97 Å². The van der Waals surface area contributed by atoms with Gasteiger partial charge in [-0.05, 0) is 42.3 Å². The predicted molar refractivity (Wildman–Crippen MR) is 107 cm³/mol. The molecule has 0 aliphatic heterocycles. The van der Waals surface area contributed by atoms with Gasteiger partial charge in [-0.1, -0.05) is 55.3 Å². The minimum absolute atomic E-state index is 0.178. The maximum absolute atomic E-state index is 11.2. The highest BCUT2D eigenvalue weighted by Crippen LogP contribution is 2.31. The molecule has 0 radical (unpaired) electrons. The standard InChI is InChI=1S/C22H22ClNO3/c1-2-6-20(15-7-4-3-5-8-15)24-14-17-10-12-21(27-17)18-13-16(22(25)26)9-11-19(18)23/h3-5,7-13,20,24H,2,6,14H2,1H3,(H,25,26). The van der Waals surface area contributed by atoms with Crippen molar-refractivity contribution in [2.45, 2.75) is 32.4 Å². The average molecular weight is 384 g/mol. The van der Waals surface area contributed by atoms with Gasteiger partial charge in [-0.15, -0.1) is 0 Å². The molecule has 4 nitrogen and oxygen atoms in total. The van der Waals surface area contributed by atoms with Crippen LogP contribution in [0.2, 0.25) is 5.02 Å². The number of nitrogens with one attached hydrogen (secondary N) is 1. The molecule has 0 aliphatic carbocycles. The molecular weight excluding hydrogens is 362 g/mol. The summed E-state index contributed by atoms with van der Waals surface area (Å²) in [7, 11) is 0. The van der Waals surface area contributed by atoms with E-state index in [0.717, 1.165) is 18.6 Å². The molecule has 3 aromatic rings. The lowest BCUT2D eigenvalue weighted by molar-refractivity contribution is 0.0697. The Hall–Kier alpha value is -2.56. The molecule has 0 aliphatic rings. The van der Waals surface area contributed by atoms with Crippen LogP contribution in [0.3, 0.4) is 0 Å². The lowest BCUT2D eigenvalue weighted by Crippen LogP contribution is -2.20. The summed E-state index contributed by atoms with van der Waals surface area (Å²) in [4.78, 5) is 11.2. The van der Waals surface area contributed by atoms with Crippen LogP contribution in [0.5, 0.6) is 0 Å². The SMILES string of the molecule is CCCC(NCc1ccc(-c2cc(C(=O)O)ccc2Cl)o1)c1ccccc1. The first kappa shape index (κ1) is 19.2. The van der Waals surface area contributed by atoms with E-state index in [4.69, 9.17) is 16.0 Å². The van der Waals surface area contributed by atoms with Gasteiger partial charge in [0.05, 0.1) is 17.1 Å². The van der Waals surface area contributed by atoms with Gasteiger partial charge >= 0.3 is 5.97 Å². The van der Waals surface area contributed by atoms with Crippen LogP contribution in [0.15, 0.2) is 65.1 Å². The number of hydrogen-bond acceptors (Lipinski definition) is 3. The minimum atomic E-state index is -0.994. The predicted octanol–water partition coefficient (Wildman–Crippen LogP) is 5.93. The fourth-order valence-corrected chi connectivity index (χ4v) is 3.26. The lowest BCUT2D eigenvalue weighted by Gasteiger charge is -2.18. The molecule has 0 fully saturated rings. The highest BCUT2D eigenvalue weighted by molar-refractivity contribution is 6.33. The van der Waals surface area contributed by atoms with Crippen LogP contribution in [-0.2, 0) is 6.54 Å². The maximum Gasteiger partial charge on any atom is 0.335 e. The number of halogens is 1. The Labute approximate surface area is 163 Å². The van der Waals surface area contributed by atoms with Crippen molar-refractivity contribution < 1.29 is 14.3 Å². The minimum Gasteiger partial charge on any atom is -0.478 e. The number of benzene rings is 2. The van der Waals surface area contributed by atoms with Crippen LogP contribution in [-0.4, -0.2) is 11.1 Å². The number of carboxylic acid groups (broad SMARTS) is 1. The molecule has 5 heteroatoms. The molecule has 0 spiro atoms. The Balaban J connectivity index is 1.74. The van der Waals surface area contributed by atoms with Gasteiger partial charge in [-0.25, -0.2) is 4.79 Å². The van der Waals surface area contributed by atoms with E-state index in [9.17, 15) is 9.90 Å². The van der Waals surface area contributed by atoms with Crippen LogP contribution in [0, 0.1) is 0 Å². The van der Waals surface area contributed by atoms with E-state index in [0.29, 0.717) is 22.9 Å². The number of carbonyl (C=O) groups is 1. The van der Waals surface area contributed by atoms with Gasteiger partial charge in [0.25, 0.3) is 0 Å². The van der Waals surface area contributed by atoms with Crippen LogP contribution in [0.1, 0.15) is 47.5 Å². The molecule has 0 bridgehead atoms. The van der Waals surface area contributed by atoms with Gasteiger partial charge in [0.1, 0.15) is 11.5 Å². The number of rotatable bonds is 8. The quantitative estimate of drug-likeness (QED) is 0.506. The summed E-state index contributed by atoms with van der Waals surface area (Å²) in [5.74, 6) is 0.345.